The van der Waals surface area contributed by atoms with Crippen LogP contribution in [0.1, 0.15) is 43.1 Å². The van der Waals surface area contributed by atoms with Gasteiger partial charge in [0.15, 0.2) is 0 Å². The van der Waals surface area contributed by atoms with E-state index in [0.717, 1.165) is 18.1 Å². The highest BCUT2D eigenvalue weighted by atomic mass is 15.0. The number of hydrogen-bond donors (Lipinski definition) is 2. The van der Waals surface area contributed by atoms with Crippen molar-refractivity contribution >= 4 is 0 Å². The van der Waals surface area contributed by atoms with E-state index in [0.29, 0.717) is 6.04 Å². The van der Waals surface area contributed by atoms with E-state index in [1.165, 1.54) is 36.8 Å². The van der Waals surface area contributed by atoms with Crippen molar-refractivity contribution in [3.05, 3.63) is 41.9 Å². The Labute approximate surface area is 114 Å². The predicted octanol–water partition coefficient (Wildman–Crippen LogP) is 3.59. The standard InChI is InChI=1S/C16H21N3/c1-12-7-4-5-8-13(12)15-11-18-16(19-15)14-9-3-2-6-10-17-14/h4-5,7-8,11,14,17H,2-3,6,9-10H2,1H3,(H,18,19). The van der Waals surface area contributed by atoms with Crippen molar-refractivity contribution in [1.29, 1.82) is 0 Å². The second-order valence-electron chi connectivity index (χ2n) is 5.35. The Bertz CT molecular complexity index is 536. The molecule has 100 valence electrons. The first-order valence-corrected chi connectivity index (χ1v) is 7.19. The van der Waals surface area contributed by atoms with Crippen LogP contribution < -0.4 is 5.32 Å². The molecule has 1 unspecified atom stereocenters. The molecule has 0 aliphatic carbocycles. The number of aryl methyl sites for hydroxylation is 1. The molecular formula is C16H21N3. The lowest BCUT2D eigenvalue weighted by molar-refractivity contribution is 0.512. The summed E-state index contributed by atoms with van der Waals surface area (Å²) < 4.78 is 0. The third kappa shape index (κ3) is 2.71. The van der Waals surface area contributed by atoms with Crippen LogP contribution in [0.2, 0.25) is 0 Å². The summed E-state index contributed by atoms with van der Waals surface area (Å²) >= 11 is 0. The van der Waals surface area contributed by atoms with Crippen molar-refractivity contribution < 1.29 is 0 Å². The Hall–Kier alpha value is -1.61. The van der Waals surface area contributed by atoms with Crippen molar-refractivity contribution in [2.45, 2.75) is 38.6 Å². The van der Waals surface area contributed by atoms with Gasteiger partial charge in [-0.2, -0.15) is 0 Å². The predicted molar refractivity (Wildman–Crippen MR) is 78.0 cm³/mol. The Balaban J connectivity index is 1.85. The largest absolute Gasteiger partial charge is 0.341 e. The molecule has 1 aliphatic rings. The molecule has 1 atom stereocenters. The zero-order chi connectivity index (χ0) is 13.1. The van der Waals surface area contributed by atoms with Crippen LogP contribution in [-0.4, -0.2) is 16.5 Å². The van der Waals surface area contributed by atoms with Crippen LogP contribution in [0.25, 0.3) is 11.3 Å². The molecule has 0 amide bonds. The molecule has 19 heavy (non-hydrogen) atoms. The molecular weight excluding hydrogens is 234 g/mol. The quantitative estimate of drug-likeness (QED) is 0.861. The van der Waals surface area contributed by atoms with Crippen LogP contribution in [0.5, 0.6) is 0 Å². The Morgan fingerprint density at radius 3 is 2.95 bits per heavy atom. The molecule has 2 N–H and O–H groups in total. The van der Waals surface area contributed by atoms with Gasteiger partial charge in [0.05, 0.1) is 17.9 Å². The molecule has 3 heteroatoms. The molecule has 0 saturated carbocycles. The Morgan fingerprint density at radius 1 is 1.16 bits per heavy atom. The first-order chi connectivity index (χ1) is 9.34. The molecule has 3 nitrogen and oxygen atoms in total. The first kappa shape index (κ1) is 12.4. The molecule has 1 fully saturated rings. The second-order valence-corrected chi connectivity index (χ2v) is 5.35. The highest BCUT2D eigenvalue weighted by Gasteiger charge is 2.17. The van der Waals surface area contributed by atoms with Crippen molar-refractivity contribution in [2.75, 3.05) is 6.54 Å². The first-order valence-electron chi connectivity index (χ1n) is 7.19. The number of aromatic nitrogens is 2. The number of hydrogen-bond acceptors (Lipinski definition) is 2. The molecule has 2 aromatic rings. The second kappa shape index (κ2) is 5.57. The van der Waals surface area contributed by atoms with Crippen molar-refractivity contribution in [3.8, 4) is 11.3 Å². The molecule has 1 aromatic carbocycles. The van der Waals surface area contributed by atoms with Crippen molar-refractivity contribution in [1.82, 2.24) is 15.3 Å². The molecule has 1 aliphatic heterocycles. The van der Waals surface area contributed by atoms with Gasteiger partial charge in [-0.05, 0) is 31.9 Å². The summed E-state index contributed by atoms with van der Waals surface area (Å²) in [6.07, 6.45) is 7.04. The average Bonchev–Trinajstić information content (AvgIpc) is 2.75. The topological polar surface area (TPSA) is 40.7 Å². The van der Waals surface area contributed by atoms with Gasteiger partial charge in [-0.1, -0.05) is 37.1 Å². The van der Waals surface area contributed by atoms with Gasteiger partial charge in [-0.3, -0.25) is 0 Å². The van der Waals surface area contributed by atoms with E-state index in [1.54, 1.807) is 0 Å². The lowest BCUT2D eigenvalue weighted by Gasteiger charge is -2.12. The van der Waals surface area contributed by atoms with Crippen LogP contribution in [0.3, 0.4) is 0 Å². The number of nitrogens with zero attached hydrogens (tertiary/aromatic N) is 1. The summed E-state index contributed by atoms with van der Waals surface area (Å²) in [5.41, 5.74) is 3.65. The minimum absolute atomic E-state index is 0.389. The third-order valence-electron chi connectivity index (χ3n) is 3.92. The van der Waals surface area contributed by atoms with Crippen molar-refractivity contribution in [3.63, 3.8) is 0 Å². The van der Waals surface area contributed by atoms with Crippen LogP contribution in [-0.2, 0) is 0 Å². The zero-order valence-corrected chi connectivity index (χ0v) is 11.4. The summed E-state index contributed by atoms with van der Waals surface area (Å²) in [4.78, 5) is 8.08. The van der Waals surface area contributed by atoms with Gasteiger partial charge in [-0.15, -0.1) is 0 Å². The SMILES string of the molecule is Cc1ccccc1-c1cnc(C2CCCCCN2)[nH]1. The van der Waals surface area contributed by atoms with Crippen molar-refractivity contribution in [2.24, 2.45) is 0 Å². The highest BCUT2D eigenvalue weighted by molar-refractivity contribution is 5.62. The Kier molecular flexibility index (Phi) is 3.65. The average molecular weight is 255 g/mol. The van der Waals surface area contributed by atoms with Gasteiger partial charge in [-0.25, -0.2) is 4.98 Å². The molecule has 0 bridgehead atoms. The number of aromatic amines is 1. The number of H-pyrrole nitrogens is 1. The minimum Gasteiger partial charge on any atom is -0.341 e. The van der Waals surface area contributed by atoms with E-state index in [2.05, 4.69) is 46.5 Å². The molecule has 2 heterocycles. The van der Waals surface area contributed by atoms with Gasteiger partial charge in [0, 0.05) is 5.56 Å². The fraction of sp³-hybridized carbons (Fsp3) is 0.438. The maximum Gasteiger partial charge on any atom is 0.123 e. The molecule has 3 rings (SSSR count). The van der Waals surface area contributed by atoms with Crippen LogP contribution in [0, 0.1) is 6.92 Å². The van der Waals surface area contributed by atoms with E-state index < -0.39 is 0 Å². The van der Waals surface area contributed by atoms with Crippen LogP contribution in [0.15, 0.2) is 30.5 Å². The monoisotopic (exact) mass is 255 g/mol. The maximum absolute atomic E-state index is 4.58. The van der Waals surface area contributed by atoms with Crippen LogP contribution in [0.4, 0.5) is 0 Å². The summed E-state index contributed by atoms with van der Waals surface area (Å²) in [5.74, 6) is 1.08. The molecule has 0 radical (unpaired) electrons. The van der Waals surface area contributed by atoms with Gasteiger partial charge in [0.25, 0.3) is 0 Å². The molecule has 0 spiro atoms. The van der Waals surface area contributed by atoms with Crippen LogP contribution >= 0.6 is 0 Å². The summed E-state index contributed by atoms with van der Waals surface area (Å²) in [5, 5.41) is 3.58. The van der Waals surface area contributed by atoms with E-state index in [9.17, 15) is 0 Å². The Morgan fingerprint density at radius 2 is 2.05 bits per heavy atom. The number of benzene rings is 1. The number of rotatable bonds is 2. The summed E-state index contributed by atoms with van der Waals surface area (Å²) in [6.45, 7) is 3.24. The normalized spacial score (nSPS) is 20.2. The maximum atomic E-state index is 4.58. The fourth-order valence-corrected chi connectivity index (χ4v) is 2.79. The smallest absolute Gasteiger partial charge is 0.123 e. The van der Waals surface area contributed by atoms with E-state index in [1.807, 2.05) is 6.20 Å². The van der Waals surface area contributed by atoms with E-state index >= 15 is 0 Å². The molecule has 1 saturated heterocycles. The summed E-state index contributed by atoms with van der Waals surface area (Å²) in [7, 11) is 0. The lowest BCUT2D eigenvalue weighted by Crippen LogP contribution is -2.21. The van der Waals surface area contributed by atoms with E-state index in [4.69, 9.17) is 0 Å². The zero-order valence-electron chi connectivity index (χ0n) is 11.4. The number of nitrogens with one attached hydrogen (secondary N) is 2. The lowest BCUT2D eigenvalue weighted by atomic mass is 10.1. The molecule has 1 aromatic heterocycles. The summed E-state index contributed by atoms with van der Waals surface area (Å²) in [6, 6.07) is 8.82. The minimum atomic E-state index is 0.389. The highest BCUT2D eigenvalue weighted by Crippen LogP contribution is 2.25. The van der Waals surface area contributed by atoms with Gasteiger partial charge >= 0.3 is 0 Å². The number of imidazole rings is 1. The van der Waals surface area contributed by atoms with Gasteiger partial charge < -0.3 is 10.3 Å². The third-order valence-corrected chi connectivity index (χ3v) is 3.92. The van der Waals surface area contributed by atoms with Gasteiger partial charge in [0.2, 0.25) is 0 Å². The van der Waals surface area contributed by atoms with E-state index in [-0.39, 0.29) is 0 Å². The fourth-order valence-electron chi connectivity index (χ4n) is 2.79. The van der Waals surface area contributed by atoms with Gasteiger partial charge in [0.1, 0.15) is 5.82 Å².